The van der Waals surface area contributed by atoms with Crippen LogP contribution >= 0.6 is 0 Å². The molecule has 0 amide bonds. The van der Waals surface area contributed by atoms with E-state index in [9.17, 15) is 4.79 Å². The molecular formula is C17H18N2O3. The molecule has 0 radical (unpaired) electrons. The Bertz CT molecular complexity index is 682. The molecule has 0 aliphatic carbocycles. The maximum Gasteiger partial charge on any atom is 0.331 e. The van der Waals surface area contributed by atoms with E-state index < -0.39 is 5.97 Å². The lowest BCUT2D eigenvalue weighted by Gasteiger charge is -2.10. The summed E-state index contributed by atoms with van der Waals surface area (Å²) in [4.78, 5) is 11.7. The number of anilines is 2. The van der Waals surface area contributed by atoms with Crippen LogP contribution in [-0.2, 0) is 16.1 Å². The lowest BCUT2D eigenvalue weighted by atomic mass is 10.1. The molecule has 0 heterocycles. The van der Waals surface area contributed by atoms with Gasteiger partial charge in [0.05, 0.1) is 18.5 Å². The Kier molecular flexibility index (Phi) is 5.03. The number of carbonyl (C=O) groups is 1. The topological polar surface area (TPSA) is 87.6 Å². The van der Waals surface area contributed by atoms with Crippen molar-refractivity contribution in [3.63, 3.8) is 0 Å². The van der Waals surface area contributed by atoms with Crippen LogP contribution in [0, 0.1) is 0 Å². The summed E-state index contributed by atoms with van der Waals surface area (Å²) < 4.78 is 10.3. The molecule has 2 aromatic carbocycles. The number of benzene rings is 2. The quantitative estimate of drug-likeness (QED) is 0.503. The first kappa shape index (κ1) is 15.4. The molecule has 0 unspecified atom stereocenters. The fourth-order valence-corrected chi connectivity index (χ4v) is 1.94. The number of rotatable bonds is 5. The summed E-state index contributed by atoms with van der Waals surface area (Å²) >= 11 is 0. The van der Waals surface area contributed by atoms with Crippen molar-refractivity contribution in [2.24, 2.45) is 0 Å². The third kappa shape index (κ3) is 3.79. The highest BCUT2D eigenvalue weighted by Gasteiger charge is 2.08. The molecule has 0 bridgehead atoms. The number of nitrogen functional groups attached to an aromatic ring is 2. The van der Waals surface area contributed by atoms with Gasteiger partial charge in [0, 0.05) is 11.6 Å². The maximum absolute atomic E-state index is 11.7. The lowest BCUT2D eigenvalue weighted by Crippen LogP contribution is -2.02. The first-order chi connectivity index (χ1) is 10.6. The van der Waals surface area contributed by atoms with Crippen molar-refractivity contribution in [2.75, 3.05) is 18.6 Å². The number of ether oxygens (including phenoxy) is 2. The SMILES string of the molecule is COc1c(N)ccc(/C=C/C(=O)OCc2ccccc2)c1N. The minimum Gasteiger partial charge on any atom is -0.492 e. The van der Waals surface area contributed by atoms with Crippen LogP contribution in [0.2, 0.25) is 0 Å². The van der Waals surface area contributed by atoms with Gasteiger partial charge in [0.15, 0.2) is 5.75 Å². The maximum atomic E-state index is 11.7. The van der Waals surface area contributed by atoms with Crippen molar-refractivity contribution in [1.29, 1.82) is 0 Å². The second kappa shape index (κ2) is 7.17. The number of carbonyl (C=O) groups excluding carboxylic acids is 1. The van der Waals surface area contributed by atoms with Crippen molar-refractivity contribution in [1.82, 2.24) is 0 Å². The van der Waals surface area contributed by atoms with E-state index in [4.69, 9.17) is 20.9 Å². The van der Waals surface area contributed by atoms with Gasteiger partial charge < -0.3 is 20.9 Å². The van der Waals surface area contributed by atoms with Crippen LogP contribution in [-0.4, -0.2) is 13.1 Å². The molecule has 0 fully saturated rings. The van der Waals surface area contributed by atoms with Crippen LogP contribution in [0.25, 0.3) is 6.08 Å². The first-order valence-corrected chi connectivity index (χ1v) is 6.72. The van der Waals surface area contributed by atoms with Crippen LogP contribution in [0.5, 0.6) is 5.75 Å². The van der Waals surface area contributed by atoms with Gasteiger partial charge in [-0.25, -0.2) is 4.79 Å². The zero-order valence-electron chi connectivity index (χ0n) is 12.3. The lowest BCUT2D eigenvalue weighted by molar-refractivity contribution is -0.138. The van der Waals surface area contributed by atoms with E-state index in [0.717, 1.165) is 5.56 Å². The molecule has 2 aromatic rings. The Balaban J connectivity index is 2.01. The third-order valence-electron chi connectivity index (χ3n) is 3.09. The van der Waals surface area contributed by atoms with Gasteiger partial charge in [-0.2, -0.15) is 0 Å². The minimum atomic E-state index is -0.445. The molecule has 0 atom stereocenters. The van der Waals surface area contributed by atoms with Crippen LogP contribution in [0.4, 0.5) is 11.4 Å². The van der Waals surface area contributed by atoms with E-state index in [-0.39, 0.29) is 6.61 Å². The van der Waals surface area contributed by atoms with Crippen molar-refractivity contribution in [2.45, 2.75) is 6.61 Å². The van der Waals surface area contributed by atoms with Crippen LogP contribution in [0.3, 0.4) is 0 Å². The second-order valence-electron chi connectivity index (χ2n) is 4.62. The summed E-state index contributed by atoms with van der Waals surface area (Å²) in [5.41, 5.74) is 14.1. The van der Waals surface area contributed by atoms with Gasteiger partial charge in [0.1, 0.15) is 6.61 Å². The predicted octanol–water partition coefficient (Wildman–Crippen LogP) is 2.62. The third-order valence-corrected chi connectivity index (χ3v) is 3.09. The molecule has 0 aliphatic rings. The normalized spacial score (nSPS) is 10.6. The average molecular weight is 298 g/mol. The van der Waals surface area contributed by atoms with E-state index in [0.29, 0.717) is 22.7 Å². The monoisotopic (exact) mass is 298 g/mol. The summed E-state index contributed by atoms with van der Waals surface area (Å²) in [5.74, 6) is -0.0427. The van der Waals surface area contributed by atoms with Crippen molar-refractivity contribution >= 4 is 23.4 Å². The van der Waals surface area contributed by atoms with Crippen LogP contribution < -0.4 is 16.2 Å². The highest BCUT2D eigenvalue weighted by Crippen LogP contribution is 2.32. The average Bonchev–Trinajstić information content (AvgIpc) is 2.53. The number of hydrogen-bond acceptors (Lipinski definition) is 5. The molecule has 0 saturated carbocycles. The van der Waals surface area contributed by atoms with E-state index in [1.165, 1.54) is 13.2 Å². The zero-order chi connectivity index (χ0) is 15.9. The largest absolute Gasteiger partial charge is 0.492 e. The summed E-state index contributed by atoms with van der Waals surface area (Å²) in [6.07, 6.45) is 2.90. The Morgan fingerprint density at radius 3 is 2.55 bits per heavy atom. The van der Waals surface area contributed by atoms with Crippen molar-refractivity contribution < 1.29 is 14.3 Å². The van der Waals surface area contributed by atoms with E-state index in [1.54, 1.807) is 18.2 Å². The molecule has 2 rings (SSSR count). The van der Waals surface area contributed by atoms with E-state index in [1.807, 2.05) is 30.3 Å². The standard InChI is InChI=1S/C17H18N2O3/c1-21-17-14(18)9-7-13(16(17)19)8-10-15(20)22-11-12-5-3-2-4-6-12/h2-10H,11,18-19H2,1H3/b10-8+. The first-order valence-electron chi connectivity index (χ1n) is 6.72. The van der Waals surface area contributed by atoms with Gasteiger partial charge >= 0.3 is 5.97 Å². The van der Waals surface area contributed by atoms with Gasteiger partial charge in [-0.15, -0.1) is 0 Å². The Hall–Kier alpha value is -2.95. The number of nitrogens with two attached hydrogens (primary N) is 2. The molecule has 0 spiro atoms. The summed E-state index contributed by atoms with van der Waals surface area (Å²) in [7, 11) is 1.49. The Labute approximate surface area is 129 Å². The van der Waals surface area contributed by atoms with Crippen molar-refractivity contribution in [3.8, 4) is 5.75 Å². The van der Waals surface area contributed by atoms with Crippen LogP contribution in [0.1, 0.15) is 11.1 Å². The predicted molar refractivity (Wildman–Crippen MR) is 87.1 cm³/mol. The summed E-state index contributed by atoms with van der Waals surface area (Å²) in [5, 5.41) is 0. The van der Waals surface area contributed by atoms with Gasteiger partial charge in [-0.05, 0) is 17.7 Å². The number of esters is 1. The zero-order valence-corrected chi connectivity index (χ0v) is 12.3. The highest BCUT2D eigenvalue weighted by atomic mass is 16.5. The van der Waals surface area contributed by atoms with Gasteiger partial charge in [-0.1, -0.05) is 36.4 Å². The number of methoxy groups -OCH3 is 1. The molecule has 5 heteroatoms. The van der Waals surface area contributed by atoms with Gasteiger partial charge in [0.25, 0.3) is 0 Å². The minimum absolute atomic E-state index is 0.227. The molecule has 4 N–H and O–H groups in total. The smallest absolute Gasteiger partial charge is 0.331 e. The molecule has 0 saturated heterocycles. The van der Waals surface area contributed by atoms with Crippen molar-refractivity contribution in [3.05, 3.63) is 59.7 Å². The molecular weight excluding hydrogens is 280 g/mol. The van der Waals surface area contributed by atoms with Gasteiger partial charge in [-0.3, -0.25) is 0 Å². The summed E-state index contributed by atoms with van der Waals surface area (Å²) in [6, 6.07) is 12.8. The van der Waals surface area contributed by atoms with Crippen LogP contribution in [0.15, 0.2) is 48.5 Å². The summed E-state index contributed by atoms with van der Waals surface area (Å²) in [6.45, 7) is 0.227. The Morgan fingerprint density at radius 2 is 1.86 bits per heavy atom. The molecule has 5 nitrogen and oxygen atoms in total. The molecule has 22 heavy (non-hydrogen) atoms. The fourth-order valence-electron chi connectivity index (χ4n) is 1.94. The number of hydrogen-bond donors (Lipinski definition) is 2. The van der Waals surface area contributed by atoms with E-state index in [2.05, 4.69) is 0 Å². The van der Waals surface area contributed by atoms with E-state index >= 15 is 0 Å². The molecule has 0 aromatic heterocycles. The second-order valence-corrected chi connectivity index (χ2v) is 4.62. The highest BCUT2D eigenvalue weighted by molar-refractivity contribution is 5.89. The fraction of sp³-hybridized carbons (Fsp3) is 0.118. The van der Waals surface area contributed by atoms with Gasteiger partial charge in [0.2, 0.25) is 0 Å². The Morgan fingerprint density at radius 1 is 1.14 bits per heavy atom. The molecule has 0 aliphatic heterocycles. The molecule has 114 valence electrons.